The van der Waals surface area contributed by atoms with E-state index in [0.717, 1.165) is 32.5 Å². The van der Waals surface area contributed by atoms with Crippen LogP contribution in [0.15, 0.2) is 18.3 Å². The number of carbonyl (C=O) groups excluding carboxylic acids is 1. The van der Waals surface area contributed by atoms with E-state index in [9.17, 15) is 4.79 Å². The summed E-state index contributed by atoms with van der Waals surface area (Å²) >= 11 is 0. The molecule has 1 aromatic rings. The molecule has 0 atom stereocenters. The Morgan fingerprint density at radius 1 is 1.56 bits per heavy atom. The fourth-order valence-corrected chi connectivity index (χ4v) is 2.26. The maximum Gasteiger partial charge on any atom is 0.272 e. The Balaban J connectivity index is 1.95. The topological polar surface area (TPSA) is 68.5 Å². The fraction of sp³-hybridized carbons (Fsp3) is 0.538. The molecule has 2 heterocycles. The molecule has 5 heteroatoms. The average Bonchev–Trinajstić information content (AvgIpc) is 2.39. The molecule has 98 valence electrons. The Morgan fingerprint density at radius 3 is 2.89 bits per heavy atom. The number of nitrogen functional groups attached to an aromatic ring is 1. The minimum absolute atomic E-state index is 0.0295. The molecule has 0 bridgehead atoms. The highest BCUT2D eigenvalue weighted by atomic mass is 16.5. The Labute approximate surface area is 107 Å². The van der Waals surface area contributed by atoms with Crippen LogP contribution in [0.3, 0.4) is 0 Å². The summed E-state index contributed by atoms with van der Waals surface area (Å²) in [6.45, 7) is 2.31. The van der Waals surface area contributed by atoms with Crippen molar-refractivity contribution in [1.82, 2.24) is 9.88 Å². The van der Waals surface area contributed by atoms with Gasteiger partial charge in [-0.15, -0.1) is 0 Å². The lowest BCUT2D eigenvalue weighted by atomic mass is 9.97. The number of nitrogens with two attached hydrogens (primary N) is 1. The average molecular weight is 249 g/mol. The smallest absolute Gasteiger partial charge is 0.272 e. The summed E-state index contributed by atoms with van der Waals surface area (Å²) in [7, 11) is 1.72. The van der Waals surface area contributed by atoms with Gasteiger partial charge in [0.25, 0.3) is 5.91 Å². The summed E-state index contributed by atoms with van der Waals surface area (Å²) in [6.07, 6.45) is 3.55. The van der Waals surface area contributed by atoms with Crippen LogP contribution in [0, 0.1) is 5.92 Å². The van der Waals surface area contributed by atoms with Crippen molar-refractivity contribution in [3.8, 4) is 0 Å². The first-order chi connectivity index (χ1) is 8.70. The Hall–Kier alpha value is -1.62. The van der Waals surface area contributed by atoms with Crippen molar-refractivity contribution < 1.29 is 9.53 Å². The second-order valence-electron chi connectivity index (χ2n) is 4.67. The molecule has 18 heavy (non-hydrogen) atoms. The summed E-state index contributed by atoms with van der Waals surface area (Å²) in [6, 6.07) is 3.31. The van der Waals surface area contributed by atoms with Crippen LogP contribution < -0.4 is 5.73 Å². The third kappa shape index (κ3) is 2.98. The number of anilines is 1. The lowest BCUT2D eigenvalue weighted by Gasteiger charge is -2.31. The monoisotopic (exact) mass is 249 g/mol. The molecule has 1 aliphatic heterocycles. The van der Waals surface area contributed by atoms with Crippen molar-refractivity contribution in [2.45, 2.75) is 12.8 Å². The van der Waals surface area contributed by atoms with E-state index in [2.05, 4.69) is 4.98 Å². The highest BCUT2D eigenvalue weighted by molar-refractivity contribution is 5.93. The second kappa shape index (κ2) is 5.82. The van der Waals surface area contributed by atoms with Crippen LogP contribution >= 0.6 is 0 Å². The number of rotatable bonds is 3. The van der Waals surface area contributed by atoms with E-state index in [4.69, 9.17) is 10.5 Å². The molecular formula is C13H19N3O2. The lowest BCUT2D eigenvalue weighted by Crippen LogP contribution is -2.39. The van der Waals surface area contributed by atoms with Gasteiger partial charge in [0.2, 0.25) is 0 Å². The molecule has 2 N–H and O–H groups in total. The highest BCUT2D eigenvalue weighted by Gasteiger charge is 2.24. The van der Waals surface area contributed by atoms with Crippen molar-refractivity contribution in [2.24, 2.45) is 5.92 Å². The van der Waals surface area contributed by atoms with Crippen molar-refractivity contribution in [1.29, 1.82) is 0 Å². The zero-order valence-corrected chi connectivity index (χ0v) is 10.6. The van der Waals surface area contributed by atoms with Gasteiger partial charge in [0.15, 0.2) is 0 Å². The van der Waals surface area contributed by atoms with E-state index < -0.39 is 0 Å². The van der Waals surface area contributed by atoms with Gasteiger partial charge in [-0.05, 0) is 30.9 Å². The molecule has 1 fully saturated rings. The van der Waals surface area contributed by atoms with E-state index in [1.54, 1.807) is 25.4 Å². The van der Waals surface area contributed by atoms with Crippen molar-refractivity contribution >= 4 is 11.6 Å². The van der Waals surface area contributed by atoms with Crippen LogP contribution in [0.25, 0.3) is 0 Å². The predicted octanol–water partition coefficient (Wildman–Crippen LogP) is 1.16. The summed E-state index contributed by atoms with van der Waals surface area (Å²) in [5.74, 6) is 0.533. The van der Waals surface area contributed by atoms with E-state index in [1.165, 1.54) is 0 Å². The first kappa shape index (κ1) is 12.8. The summed E-state index contributed by atoms with van der Waals surface area (Å²) in [4.78, 5) is 18.1. The Bertz CT molecular complexity index is 414. The molecule has 0 saturated carbocycles. The van der Waals surface area contributed by atoms with E-state index in [1.807, 2.05) is 4.90 Å². The van der Waals surface area contributed by atoms with E-state index in [0.29, 0.717) is 17.3 Å². The third-order valence-electron chi connectivity index (χ3n) is 3.31. The molecule has 1 amide bonds. The number of nitrogens with zero attached hydrogens (tertiary/aromatic N) is 2. The quantitative estimate of drug-likeness (QED) is 0.873. The van der Waals surface area contributed by atoms with Crippen molar-refractivity contribution in [3.63, 3.8) is 0 Å². The summed E-state index contributed by atoms with van der Waals surface area (Å²) < 4.78 is 5.15. The van der Waals surface area contributed by atoms with Gasteiger partial charge in [0, 0.05) is 38.7 Å². The molecule has 1 saturated heterocycles. The molecule has 5 nitrogen and oxygen atoms in total. The molecule has 0 unspecified atom stereocenters. The van der Waals surface area contributed by atoms with Crippen molar-refractivity contribution in [3.05, 3.63) is 24.0 Å². The maximum absolute atomic E-state index is 12.2. The normalized spacial score (nSPS) is 16.8. The lowest BCUT2D eigenvalue weighted by molar-refractivity contribution is 0.0608. The predicted molar refractivity (Wildman–Crippen MR) is 69.2 cm³/mol. The molecule has 2 rings (SSSR count). The van der Waals surface area contributed by atoms with Gasteiger partial charge in [0.05, 0.1) is 0 Å². The van der Waals surface area contributed by atoms with Gasteiger partial charge in [-0.2, -0.15) is 0 Å². The van der Waals surface area contributed by atoms with Gasteiger partial charge in [-0.1, -0.05) is 0 Å². The second-order valence-corrected chi connectivity index (χ2v) is 4.67. The van der Waals surface area contributed by atoms with Crippen LogP contribution in [-0.2, 0) is 4.74 Å². The minimum Gasteiger partial charge on any atom is -0.399 e. The number of likely N-dealkylation sites (tertiary alicyclic amines) is 1. The van der Waals surface area contributed by atoms with Crippen LogP contribution in [0.2, 0.25) is 0 Å². The van der Waals surface area contributed by atoms with E-state index in [-0.39, 0.29) is 5.91 Å². The molecule has 0 spiro atoms. The molecule has 0 aliphatic carbocycles. The fourth-order valence-electron chi connectivity index (χ4n) is 2.26. The molecule has 0 aromatic carbocycles. The van der Waals surface area contributed by atoms with Gasteiger partial charge in [-0.3, -0.25) is 9.78 Å². The maximum atomic E-state index is 12.2. The van der Waals surface area contributed by atoms with E-state index >= 15 is 0 Å². The number of carbonyl (C=O) groups is 1. The Morgan fingerprint density at radius 2 is 2.28 bits per heavy atom. The number of amides is 1. The third-order valence-corrected chi connectivity index (χ3v) is 3.31. The minimum atomic E-state index is -0.0295. The van der Waals surface area contributed by atoms with Crippen molar-refractivity contribution in [2.75, 3.05) is 32.5 Å². The number of pyridine rings is 1. The molecule has 0 radical (unpaired) electrons. The highest BCUT2D eigenvalue weighted by Crippen LogP contribution is 2.19. The van der Waals surface area contributed by atoms with Gasteiger partial charge < -0.3 is 15.4 Å². The van der Waals surface area contributed by atoms with Gasteiger partial charge in [0.1, 0.15) is 5.69 Å². The number of piperidine rings is 1. The number of methoxy groups -OCH3 is 1. The first-order valence-corrected chi connectivity index (χ1v) is 6.20. The number of aromatic nitrogens is 1. The van der Waals surface area contributed by atoms with Gasteiger partial charge in [-0.25, -0.2) is 0 Å². The Kier molecular flexibility index (Phi) is 4.15. The first-order valence-electron chi connectivity index (χ1n) is 6.20. The summed E-state index contributed by atoms with van der Waals surface area (Å²) in [5, 5.41) is 0. The van der Waals surface area contributed by atoms with Crippen LogP contribution in [0.1, 0.15) is 23.3 Å². The zero-order valence-electron chi connectivity index (χ0n) is 10.6. The number of hydrogen-bond acceptors (Lipinski definition) is 4. The standard InChI is InChI=1S/C13H19N3O2/c1-18-9-10-3-6-16(7-4-10)13(17)12-8-11(14)2-5-15-12/h2,5,8,10H,3-4,6-7,9H2,1H3,(H2,14,15). The number of ether oxygens (including phenoxy) is 1. The van der Waals surface area contributed by atoms with Crippen LogP contribution in [-0.4, -0.2) is 42.6 Å². The van der Waals surface area contributed by atoms with Crippen LogP contribution in [0.4, 0.5) is 5.69 Å². The SMILES string of the molecule is COCC1CCN(C(=O)c2cc(N)ccn2)CC1. The number of hydrogen-bond donors (Lipinski definition) is 1. The largest absolute Gasteiger partial charge is 0.399 e. The zero-order chi connectivity index (χ0) is 13.0. The summed E-state index contributed by atoms with van der Waals surface area (Å²) in [5.41, 5.74) is 6.66. The van der Waals surface area contributed by atoms with Crippen LogP contribution in [0.5, 0.6) is 0 Å². The molecule has 1 aromatic heterocycles. The molecule has 1 aliphatic rings. The molecular weight excluding hydrogens is 230 g/mol. The van der Waals surface area contributed by atoms with Gasteiger partial charge >= 0.3 is 0 Å².